The fourth-order valence-corrected chi connectivity index (χ4v) is 4.80. The summed E-state index contributed by atoms with van der Waals surface area (Å²) < 4.78 is 7.54. The van der Waals surface area contributed by atoms with E-state index in [-0.39, 0.29) is 23.5 Å². The maximum absolute atomic E-state index is 13.0. The van der Waals surface area contributed by atoms with Gasteiger partial charge in [-0.15, -0.1) is 0 Å². The molecule has 3 aromatic rings. The van der Waals surface area contributed by atoms with Crippen molar-refractivity contribution in [3.8, 4) is 6.01 Å². The molecule has 1 aromatic carbocycles. The Labute approximate surface area is 229 Å². The van der Waals surface area contributed by atoms with E-state index in [1.54, 1.807) is 9.42 Å². The van der Waals surface area contributed by atoms with Gasteiger partial charge in [0.1, 0.15) is 5.78 Å². The Bertz CT molecular complexity index is 1300. The van der Waals surface area contributed by atoms with Gasteiger partial charge in [0.2, 0.25) is 11.9 Å². The number of unbranched alkanes of at least 4 members (excludes halogenated alkanes) is 1. The summed E-state index contributed by atoms with van der Waals surface area (Å²) in [7, 11) is 0. The van der Waals surface area contributed by atoms with Gasteiger partial charge in [-0.2, -0.15) is 19.6 Å². The summed E-state index contributed by atoms with van der Waals surface area (Å²) in [6.45, 7) is 10.6. The summed E-state index contributed by atoms with van der Waals surface area (Å²) in [6.07, 6.45) is 6.64. The van der Waals surface area contributed by atoms with Gasteiger partial charge in [0.25, 0.3) is 0 Å². The van der Waals surface area contributed by atoms with Crippen molar-refractivity contribution >= 4 is 23.3 Å². The Morgan fingerprint density at radius 2 is 1.97 bits per heavy atom. The number of carbonyl (C=O) groups is 2. The number of ether oxygens (including phenoxy) is 1. The molecule has 39 heavy (non-hydrogen) atoms. The lowest BCUT2D eigenvalue weighted by molar-refractivity contribution is -0.130. The first-order chi connectivity index (χ1) is 18.9. The number of carbonyl (C=O) groups excluding carboxylic acids is 2. The Morgan fingerprint density at radius 3 is 2.69 bits per heavy atom. The number of piperidine rings is 1. The van der Waals surface area contributed by atoms with Crippen molar-refractivity contribution in [2.75, 3.05) is 31.6 Å². The molecule has 1 fully saturated rings. The summed E-state index contributed by atoms with van der Waals surface area (Å²) in [5.74, 6) is 0.927. The molecule has 10 heteroatoms. The van der Waals surface area contributed by atoms with E-state index in [4.69, 9.17) is 10.5 Å². The predicted octanol–water partition coefficient (Wildman–Crippen LogP) is 3.51. The molecule has 0 radical (unpaired) electrons. The van der Waals surface area contributed by atoms with Crippen molar-refractivity contribution in [3.05, 3.63) is 59.8 Å². The molecule has 208 valence electrons. The van der Waals surface area contributed by atoms with Gasteiger partial charge in [0, 0.05) is 37.5 Å². The Balaban J connectivity index is 1.42. The van der Waals surface area contributed by atoms with E-state index in [1.807, 2.05) is 30.5 Å². The fraction of sp³-hybridized carbons (Fsp3) is 0.483. The molecule has 3 heterocycles. The van der Waals surface area contributed by atoms with E-state index in [9.17, 15) is 9.59 Å². The molecule has 4 rings (SSSR count). The Hall–Kier alpha value is -3.79. The Morgan fingerprint density at radius 1 is 1.21 bits per heavy atom. The van der Waals surface area contributed by atoms with Crippen LogP contribution < -0.4 is 15.8 Å². The third-order valence-corrected chi connectivity index (χ3v) is 7.08. The first-order valence-corrected chi connectivity index (χ1v) is 13.7. The quantitative estimate of drug-likeness (QED) is 0.252. The molecule has 0 unspecified atom stereocenters. The highest BCUT2D eigenvalue weighted by Gasteiger charge is 2.26. The van der Waals surface area contributed by atoms with Crippen molar-refractivity contribution in [2.45, 2.75) is 58.4 Å². The van der Waals surface area contributed by atoms with Gasteiger partial charge in [-0.3, -0.25) is 9.59 Å². The lowest BCUT2D eigenvalue weighted by Gasteiger charge is -2.30. The average Bonchev–Trinajstić information content (AvgIpc) is 3.38. The molecule has 1 amide bonds. The zero-order chi connectivity index (χ0) is 27.8. The van der Waals surface area contributed by atoms with Crippen LogP contribution in [0.3, 0.4) is 0 Å². The number of benzene rings is 1. The van der Waals surface area contributed by atoms with Gasteiger partial charge in [0.15, 0.2) is 5.65 Å². The molecule has 0 saturated carbocycles. The van der Waals surface area contributed by atoms with Crippen LogP contribution in [-0.2, 0) is 22.6 Å². The molecule has 3 N–H and O–H groups in total. The number of rotatable bonds is 13. The zero-order valence-corrected chi connectivity index (χ0v) is 22.9. The van der Waals surface area contributed by atoms with Crippen molar-refractivity contribution in [1.82, 2.24) is 24.5 Å². The second-order valence-corrected chi connectivity index (χ2v) is 10.3. The van der Waals surface area contributed by atoms with Gasteiger partial charge in [0.05, 0.1) is 12.8 Å². The van der Waals surface area contributed by atoms with Crippen molar-refractivity contribution in [1.29, 1.82) is 0 Å². The second kappa shape index (κ2) is 13.3. The molecule has 0 bridgehead atoms. The third kappa shape index (κ3) is 7.20. The minimum atomic E-state index is -0.0668. The normalized spacial score (nSPS) is 14.1. The summed E-state index contributed by atoms with van der Waals surface area (Å²) in [5, 5.41) is 7.90. The van der Waals surface area contributed by atoms with E-state index < -0.39 is 0 Å². The number of amides is 1. The topological polar surface area (TPSA) is 128 Å². The highest BCUT2D eigenvalue weighted by atomic mass is 16.5. The number of nitrogens with two attached hydrogens (primary N) is 1. The van der Waals surface area contributed by atoms with Crippen LogP contribution in [0.25, 0.3) is 5.65 Å². The lowest BCUT2D eigenvalue weighted by atomic mass is 9.89. The monoisotopic (exact) mass is 533 g/mol. The number of likely N-dealkylation sites (tertiary alicyclic amines) is 1. The molecular formula is C29H39N7O3. The minimum Gasteiger partial charge on any atom is -0.463 e. The molecule has 0 aliphatic carbocycles. The van der Waals surface area contributed by atoms with E-state index >= 15 is 0 Å². The number of hydrogen-bond acceptors (Lipinski definition) is 8. The molecule has 0 atom stereocenters. The van der Waals surface area contributed by atoms with Crippen LogP contribution in [0.5, 0.6) is 6.01 Å². The van der Waals surface area contributed by atoms with E-state index in [1.165, 1.54) is 6.08 Å². The minimum absolute atomic E-state index is 0.0202. The molecular weight excluding hydrogens is 494 g/mol. The summed E-state index contributed by atoms with van der Waals surface area (Å²) in [4.78, 5) is 35.8. The number of aromatic nitrogens is 4. The molecule has 0 spiro atoms. The highest BCUT2D eigenvalue weighted by molar-refractivity contribution is 5.87. The van der Waals surface area contributed by atoms with Gasteiger partial charge < -0.3 is 20.7 Å². The number of hydrogen-bond donors (Lipinski definition) is 2. The van der Waals surface area contributed by atoms with Crippen molar-refractivity contribution in [3.63, 3.8) is 0 Å². The number of fused-ring (bicyclic) bond motifs is 1. The van der Waals surface area contributed by atoms with Crippen LogP contribution in [0, 0.1) is 5.92 Å². The second-order valence-electron chi connectivity index (χ2n) is 10.3. The molecule has 1 aliphatic rings. The number of Topliss-reactive ketones (excluding diaryl/α,β-unsaturated/α-hetero) is 1. The van der Waals surface area contributed by atoms with Gasteiger partial charge in [-0.1, -0.05) is 44.7 Å². The number of ketones is 1. The predicted molar refractivity (Wildman–Crippen MR) is 151 cm³/mol. The fourth-order valence-electron chi connectivity index (χ4n) is 4.80. The van der Waals surface area contributed by atoms with Crippen molar-refractivity contribution < 1.29 is 14.3 Å². The summed E-state index contributed by atoms with van der Waals surface area (Å²) >= 11 is 0. The van der Waals surface area contributed by atoms with Crippen molar-refractivity contribution in [2.24, 2.45) is 11.7 Å². The first kappa shape index (κ1) is 28.2. The van der Waals surface area contributed by atoms with Crippen LogP contribution in [0.1, 0.15) is 62.1 Å². The van der Waals surface area contributed by atoms with Crippen LogP contribution in [-0.4, -0.2) is 62.4 Å². The molecule has 2 aromatic heterocycles. The zero-order valence-electron chi connectivity index (χ0n) is 22.9. The molecule has 10 nitrogen and oxygen atoms in total. The maximum Gasteiger partial charge on any atom is 0.321 e. The van der Waals surface area contributed by atoms with Crippen LogP contribution in [0.2, 0.25) is 0 Å². The van der Waals surface area contributed by atoms with E-state index in [0.717, 1.165) is 35.2 Å². The number of anilines is 1. The smallest absolute Gasteiger partial charge is 0.321 e. The number of nitrogens with one attached hydrogen (secondary N) is 1. The van der Waals surface area contributed by atoms with Gasteiger partial charge in [-0.05, 0) is 55.3 Å². The standard InChI is InChI=1S/C29H39N7O3/c1-4-26(38)35-13-10-23(11-14-35)25(37)17-21-8-7-9-22(16-21)18-31-28-34-29(39-15-6-5-12-30)33-27-24(20(2)3)19-32-36(27)28/h4,7-9,16,19-20,23H,1,5-6,10-15,17-18,30H2,2-3H3,(H,31,33,34). The number of nitrogens with zero attached hydrogens (tertiary/aromatic N) is 5. The summed E-state index contributed by atoms with van der Waals surface area (Å²) in [6, 6.07) is 8.33. The molecule has 1 aliphatic heterocycles. The highest BCUT2D eigenvalue weighted by Crippen LogP contribution is 2.24. The van der Waals surface area contributed by atoms with E-state index in [0.29, 0.717) is 64.0 Å². The molecule has 1 saturated heterocycles. The Kier molecular flexibility index (Phi) is 9.64. The average molecular weight is 534 g/mol. The van der Waals surface area contributed by atoms with Crippen LogP contribution >= 0.6 is 0 Å². The van der Waals surface area contributed by atoms with Crippen LogP contribution in [0.15, 0.2) is 43.1 Å². The lowest BCUT2D eigenvalue weighted by Crippen LogP contribution is -2.39. The summed E-state index contributed by atoms with van der Waals surface area (Å²) in [5.41, 5.74) is 9.33. The van der Waals surface area contributed by atoms with Crippen LogP contribution in [0.4, 0.5) is 5.95 Å². The first-order valence-electron chi connectivity index (χ1n) is 13.7. The SMILES string of the molecule is C=CC(=O)N1CCC(C(=O)Cc2cccc(CNc3nc(OCCCCN)nc4c(C(C)C)cnn34)c2)CC1. The van der Waals surface area contributed by atoms with E-state index in [2.05, 4.69) is 40.8 Å². The van der Waals surface area contributed by atoms with Gasteiger partial charge >= 0.3 is 6.01 Å². The third-order valence-electron chi connectivity index (χ3n) is 7.08. The largest absolute Gasteiger partial charge is 0.463 e. The maximum atomic E-state index is 13.0. The van der Waals surface area contributed by atoms with Gasteiger partial charge in [-0.25, -0.2) is 0 Å².